The number of rotatable bonds is 3. The Morgan fingerprint density at radius 1 is 1.12 bits per heavy atom. The highest BCUT2D eigenvalue weighted by Crippen LogP contribution is 2.20. The van der Waals surface area contributed by atoms with E-state index < -0.39 is 11.2 Å². The van der Waals surface area contributed by atoms with Crippen molar-refractivity contribution in [2.24, 2.45) is 7.05 Å². The molecule has 0 amide bonds. The van der Waals surface area contributed by atoms with E-state index in [4.69, 9.17) is 4.74 Å². The monoisotopic (exact) mass is 346 g/mol. The van der Waals surface area contributed by atoms with Crippen molar-refractivity contribution in [3.05, 3.63) is 32.2 Å². The predicted molar refractivity (Wildman–Crippen MR) is 93.3 cm³/mol. The lowest BCUT2D eigenvalue weighted by Gasteiger charge is -2.26. The second-order valence-electron chi connectivity index (χ2n) is 6.51. The predicted octanol–water partition coefficient (Wildman–Crippen LogP) is -0.375. The van der Waals surface area contributed by atoms with Gasteiger partial charge in [-0.15, -0.1) is 0 Å². The fourth-order valence-corrected chi connectivity index (χ4v) is 3.51. The van der Waals surface area contributed by atoms with E-state index >= 15 is 0 Å². The Morgan fingerprint density at radius 2 is 1.84 bits per heavy atom. The normalized spacial score (nSPS) is 16.3. The molecule has 1 saturated heterocycles. The van der Waals surface area contributed by atoms with Gasteiger partial charge in [-0.25, -0.2) is 4.79 Å². The highest BCUT2D eigenvalue weighted by atomic mass is 16.5. The third-order valence-corrected chi connectivity index (χ3v) is 5.15. The molecule has 1 N–H and O–H groups in total. The Hall–Kier alpha value is -2.39. The van der Waals surface area contributed by atoms with Gasteiger partial charge in [0.15, 0.2) is 11.2 Å². The van der Waals surface area contributed by atoms with Crippen molar-refractivity contribution in [1.82, 2.24) is 28.4 Å². The van der Waals surface area contributed by atoms with E-state index in [9.17, 15) is 9.59 Å². The van der Waals surface area contributed by atoms with Crippen LogP contribution in [-0.4, -0.2) is 61.3 Å². The van der Waals surface area contributed by atoms with E-state index in [1.54, 1.807) is 7.05 Å². The second kappa shape index (κ2) is 5.85. The minimum atomic E-state index is -0.451. The van der Waals surface area contributed by atoms with E-state index in [1.807, 2.05) is 18.2 Å². The highest BCUT2D eigenvalue weighted by Gasteiger charge is 2.21. The number of H-pyrrole nitrogens is 1. The number of morpholine rings is 1. The summed E-state index contributed by atoms with van der Waals surface area (Å²) < 4.78 is 10.7. The van der Waals surface area contributed by atoms with E-state index in [2.05, 4.69) is 19.4 Å². The van der Waals surface area contributed by atoms with E-state index in [1.165, 1.54) is 4.57 Å². The summed E-state index contributed by atoms with van der Waals surface area (Å²) in [5.74, 6) is 0.699. The summed E-state index contributed by atoms with van der Waals surface area (Å²) in [7, 11) is 1.62. The lowest BCUT2D eigenvalue weighted by atomic mass is 10.3. The largest absolute Gasteiger partial charge is 0.379 e. The number of nitrogens with one attached hydrogen (secondary N) is 1. The highest BCUT2D eigenvalue weighted by molar-refractivity contribution is 5.76. The van der Waals surface area contributed by atoms with Gasteiger partial charge in [0.1, 0.15) is 0 Å². The summed E-state index contributed by atoms with van der Waals surface area (Å²) >= 11 is 0. The third-order valence-electron chi connectivity index (χ3n) is 5.15. The minimum absolute atomic E-state index is 0.404. The maximum absolute atomic E-state index is 12.3. The fourth-order valence-electron chi connectivity index (χ4n) is 3.51. The Morgan fingerprint density at radius 3 is 2.56 bits per heavy atom. The lowest BCUT2D eigenvalue weighted by molar-refractivity contribution is 0.0364. The number of hydrogen-bond acceptors (Lipinski definition) is 5. The van der Waals surface area contributed by atoms with Crippen LogP contribution in [0.15, 0.2) is 9.59 Å². The van der Waals surface area contributed by atoms with Gasteiger partial charge in [-0.2, -0.15) is 4.98 Å². The number of hydrogen-bond donors (Lipinski definition) is 1. The van der Waals surface area contributed by atoms with Gasteiger partial charge in [0, 0.05) is 44.6 Å². The van der Waals surface area contributed by atoms with Gasteiger partial charge >= 0.3 is 5.69 Å². The average Bonchev–Trinajstić information content (AvgIpc) is 3.10. The molecule has 25 heavy (non-hydrogen) atoms. The van der Waals surface area contributed by atoms with Gasteiger partial charge in [0.05, 0.1) is 13.2 Å². The van der Waals surface area contributed by atoms with Crippen LogP contribution in [-0.2, 0) is 18.3 Å². The number of aromatic nitrogens is 5. The Labute approximate surface area is 143 Å². The summed E-state index contributed by atoms with van der Waals surface area (Å²) in [6.07, 6.45) is 0. The Kier molecular flexibility index (Phi) is 3.77. The minimum Gasteiger partial charge on any atom is -0.379 e. The maximum Gasteiger partial charge on any atom is 0.329 e. The van der Waals surface area contributed by atoms with Gasteiger partial charge in [-0.1, -0.05) is 0 Å². The van der Waals surface area contributed by atoms with Crippen LogP contribution in [0.3, 0.4) is 0 Å². The van der Waals surface area contributed by atoms with Crippen LogP contribution in [0.1, 0.15) is 11.4 Å². The van der Waals surface area contributed by atoms with Crippen LogP contribution < -0.4 is 11.2 Å². The summed E-state index contributed by atoms with van der Waals surface area (Å²) in [5.41, 5.74) is 2.01. The summed E-state index contributed by atoms with van der Waals surface area (Å²) in [5, 5.41) is 0. The zero-order valence-corrected chi connectivity index (χ0v) is 14.7. The molecule has 1 aliphatic heterocycles. The van der Waals surface area contributed by atoms with Crippen molar-refractivity contribution < 1.29 is 4.74 Å². The first-order valence-corrected chi connectivity index (χ1v) is 8.46. The van der Waals surface area contributed by atoms with Gasteiger partial charge in [0.25, 0.3) is 5.56 Å². The smallest absolute Gasteiger partial charge is 0.329 e. The molecule has 0 bridgehead atoms. The zero-order valence-electron chi connectivity index (χ0n) is 14.7. The van der Waals surface area contributed by atoms with Crippen LogP contribution >= 0.6 is 0 Å². The molecule has 9 nitrogen and oxygen atoms in total. The number of imidazole rings is 2. The molecule has 3 aromatic rings. The van der Waals surface area contributed by atoms with E-state index in [0.29, 0.717) is 16.9 Å². The number of fused-ring (bicyclic) bond motifs is 3. The van der Waals surface area contributed by atoms with Crippen molar-refractivity contribution in [3.8, 4) is 0 Å². The van der Waals surface area contributed by atoms with Crippen molar-refractivity contribution >= 4 is 16.9 Å². The van der Waals surface area contributed by atoms with Crippen LogP contribution in [0.5, 0.6) is 0 Å². The molecule has 0 spiro atoms. The number of aromatic amines is 1. The van der Waals surface area contributed by atoms with Crippen LogP contribution in [0, 0.1) is 13.8 Å². The van der Waals surface area contributed by atoms with Gasteiger partial charge < -0.3 is 9.30 Å². The first-order valence-electron chi connectivity index (χ1n) is 8.46. The molecule has 9 heteroatoms. The molecule has 0 saturated carbocycles. The molecule has 1 fully saturated rings. The molecule has 0 aromatic carbocycles. The Balaban J connectivity index is 1.84. The SMILES string of the molecule is Cc1c(C)n2c3c(=O)[nH]c(=O)n(C)c3nc2n1CCN1CCOCC1. The zero-order chi connectivity index (χ0) is 17.7. The van der Waals surface area contributed by atoms with Crippen LogP contribution in [0.4, 0.5) is 0 Å². The van der Waals surface area contributed by atoms with Crippen LogP contribution in [0.2, 0.25) is 0 Å². The molecule has 134 valence electrons. The molecule has 0 aliphatic carbocycles. The number of ether oxygens (including phenoxy) is 1. The van der Waals surface area contributed by atoms with Crippen molar-refractivity contribution in [2.75, 3.05) is 32.8 Å². The van der Waals surface area contributed by atoms with Crippen molar-refractivity contribution in [1.29, 1.82) is 0 Å². The summed E-state index contributed by atoms with van der Waals surface area (Å²) in [4.78, 5) is 33.5. The molecule has 1 aliphatic rings. The number of nitrogens with zero attached hydrogens (tertiary/aromatic N) is 5. The first kappa shape index (κ1) is 16.1. The molecular formula is C16H22N6O3. The molecule has 0 atom stereocenters. The van der Waals surface area contributed by atoms with Crippen molar-refractivity contribution in [2.45, 2.75) is 20.4 Å². The summed E-state index contributed by atoms with van der Waals surface area (Å²) in [6.45, 7) is 9.07. The standard InChI is InChI=1S/C16H22N6O3/c1-10-11(2)22-12-13(19(3)16(24)18-14(12)23)17-15(22)21(10)5-4-20-6-8-25-9-7-20/h4-9H2,1-3H3,(H,18,23,24). The molecule has 0 radical (unpaired) electrons. The molecule has 0 unspecified atom stereocenters. The van der Waals surface area contributed by atoms with E-state index in [0.717, 1.165) is 50.8 Å². The van der Waals surface area contributed by atoms with E-state index in [-0.39, 0.29) is 0 Å². The molecule has 4 rings (SSSR count). The third kappa shape index (κ3) is 2.42. The second-order valence-corrected chi connectivity index (χ2v) is 6.51. The molecular weight excluding hydrogens is 324 g/mol. The molecule has 3 aromatic heterocycles. The lowest BCUT2D eigenvalue weighted by Crippen LogP contribution is -2.38. The van der Waals surface area contributed by atoms with Crippen LogP contribution in [0.25, 0.3) is 16.9 Å². The maximum atomic E-state index is 12.3. The average molecular weight is 346 g/mol. The van der Waals surface area contributed by atoms with Crippen molar-refractivity contribution in [3.63, 3.8) is 0 Å². The summed E-state index contributed by atoms with van der Waals surface area (Å²) in [6, 6.07) is 0. The van der Waals surface area contributed by atoms with Gasteiger partial charge in [0.2, 0.25) is 5.78 Å². The van der Waals surface area contributed by atoms with Gasteiger partial charge in [-0.3, -0.25) is 23.6 Å². The van der Waals surface area contributed by atoms with Gasteiger partial charge in [-0.05, 0) is 13.8 Å². The first-order chi connectivity index (χ1) is 12.0. The fraction of sp³-hybridized carbons (Fsp3) is 0.562. The topological polar surface area (TPSA) is 89.6 Å². The number of aryl methyl sites for hydroxylation is 2. The quantitative estimate of drug-likeness (QED) is 0.699. The Bertz CT molecular complexity index is 1060. The molecule has 4 heterocycles.